The van der Waals surface area contributed by atoms with Crippen molar-refractivity contribution in [1.82, 2.24) is 0 Å². The summed E-state index contributed by atoms with van der Waals surface area (Å²) in [6.07, 6.45) is 2.84. The Balaban J connectivity index is 2.15. The fraction of sp³-hybridized carbons (Fsp3) is 0.571. The predicted molar refractivity (Wildman–Crippen MR) is 80.5 cm³/mol. The Morgan fingerprint density at radius 1 is 1.29 bits per heavy atom. The molecule has 0 aliphatic heterocycles. The van der Waals surface area contributed by atoms with Crippen LogP contribution in [0.1, 0.15) is 31.2 Å². The van der Waals surface area contributed by atoms with E-state index in [9.17, 15) is 17.2 Å². The van der Waals surface area contributed by atoms with E-state index in [2.05, 4.69) is 15.9 Å². The first-order valence-corrected chi connectivity index (χ1v) is 9.78. The molecule has 1 aromatic carbocycles. The van der Waals surface area contributed by atoms with Crippen LogP contribution in [-0.4, -0.2) is 26.0 Å². The lowest BCUT2D eigenvalue weighted by Crippen LogP contribution is -2.33. The van der Waals surface area contributed by atoms with Gasteiger partial charge in [0.25, 0.3) is 0 Å². The normalized spacial score (nSPS) is 23.0. The number of sulfone groups is 1. The van der Waals surface area contributed by atoms with E-state index in [1.54, 1.807) is 0 Å². The average molecular weight is 383 g/mol. The second-order valence-corrected chi connectivity index (χ2v) is 8.27. The maximum atomic E-state index is 13.9. The first-order chi connectivity index (χ1) is 9.81. The molecule has 2 unspecified atom stereocenters. The molecule has 2 rings (SSSR count). The first-order valence-electron chi connectivity index (χ1n) is 6.70. The van der Waals surface area contributed by atoms with Crippen molar-refractivity contribution in [2.24, 2.45) is 0 Å². The minimum atomic E-state index is -3.16. The molecule has 0 amide bonds. The van der Waals surface area contributed by atoms with Gasteiger partial charge in [-0.3, -0.25) is 0 Å². The summed E-state index contributed by atoms with van der Waals surface area (Å²) < 4.78 is 56.4. The summed E-state index contributed by atoms with van der Waals surface area (Å²) >= 11 is 3.14. The van der Waals surface area contributed by atoms with Gasteiger partial charge >= 0.3 is 0 Å². The lowest BCUT2D eigenvalue weighted by Gasteiger charge is -2.28. The Bertz CT molecular complexity index is 596. The molecule has 1 saturated carbocycles. The van der Waals surface area contributed by atoms with Crippen LogP contribution in [0.3, 0.4) is 0 Å². The summed E-state index contributed by atoms with van der Waals surface area (Å²) in [5, 5.41) is -0.148. The minimum Gasteiger partial charge on any atom is -0.484 e. The zero-order chi connectivity index (χ0) is 15.6. The molecule has 0 saturated heterocycles. The zero-order valence-corrected chi connectivity index (χ0v) is 14.0. The number of alkyl halides is 1. The number of benzene rings is 1. The van der Waals surface area contributed by atoms with E-state index in [4.69, 9.17) is 4.74 Å². The van der Waals surface area contributed by atoms with Gasteiger partial charge < -0.3 is 4.74 Å². The SMILES string of the molecule is CS(=O)(=O)C1CCCC(Oc2c(F)cc(CBr)cc2F)C1. The number of halogens is 3. The monoisotopic (exact) mass is 382 g/mol. The molecular formula is C14H17BrF2O3S. The molecule has 1 aromatic rings. The Kier molecular flexibility index (Phi) is 5.24. The maximum absolute atomic E-state index is 13.9. The van der Waals surface area contributed by atoms with Gasteiger partial charge in [-0.1, -0.05) is 15.9 Å². The van der Waals surface area contributed by atoms with Crippen LogP contribution in [0.4, 0.5) is 8.78 Å². The van der Waals surface area contributed by atoms with Crippen molar-refractivity contribution >= 4 is 25.8 Å². The topological polar surface area (TPSA) is 43.4 Å². The van der Waals surface area contributed by atoms with E-state index in [1.165, 1.54) is 18.4 Å². The van der Waals surface area contributed by atoms with Gasteiger partial charge in [0.05, 0.1) is 5.25 Å². The van der Waals surface area contributed by atoms with Crippen molar-refractivity contribution in [3.63, 3.8) is 0 Å². The predicted octanol–water partition coefficient (Wildman–Crippen LogP) is 3.59. The summed E-state index contributed by atoms with van der Waals surface area (Å²) in [4.78, 5) is 0. The highest BCUT2D eigenvalue weighted by atomic mass is 79.9. The van der Waals surface area contributed by atoms with Gasteiger partial charge in [-0.15, -0.1) is 0 Å². The van der Waals surface area contributed by atoms with E-state index < -0.39 is 38.6 Å². The molecule has 118 valence electrons. The highest BCUT2D eigenvalue weighted by molar-refractivity contribution is 9.08. The molecule has 0 radical (unpaired) electrons. The fourth-order valence-corrected chi connectivity index (χ4v) is 4.05. The van der Waals surface area contributed by atoms with Crippen LogP contribution >= 0.6 is 15.9 Å². The van der Waals surface area contributed by atoms with Gasteiger partial charge in [-0.2, -0.15) is 0 Å². The second kappa shape index (κ2) is 6.60. The number of hydrogen-bond donors (Lipinski definition) is 0. The Hall–Kier alpha value is -0.690. The van der Waals surface area contributed by atoms with Crippen LogP contribution < -0.4 is 4.74 Å². The van der Waals surface area contributed by atoms with E-state index in [0.717, 1.165) is 0 Å². The summed E-state index contributed by atoms with van der Waals surface area (Å²) in [6.45, 7) is 0. The zero-order valence-electron chi connectivity index (χ0n) is 11.6. The van der Waals surface area contributed by atoms with Crippen LogP contribution in [0.15, 0.2) is 12.1 Å². The molecule has 3 nitrogen and oxygen atoms in total. The van der Waals surface area contributed by atoms with Crippen molar-refractivity contribution in [3.8, 4) is 5.75 Å². The fourth-order valence-electron chi connectivity index (χ4n) is 2.57. The molecule has 1 fully saturated rings. The van der Waals surface area contributed by atoms with Crippen molar-refractivity contribution in [3.05, 3.63) is 29.3 Å². The molecule has 0 heterocycles. The van der Waals surface area contributed by atoms with Gasteiger partial charge in [-0.25, -0.2) is 17.2 Å². The van der Waals surface area contributed by atoms with E-state index in [0.29, 0.717) is 30.2 Å². The largest absolute Gasteiger partial charge is 0.484 e. The summed E-state index contributed by atoms with van der Waals surface area (Å²) in [5.41, 5.74) is 0.481. The van der Waals surface area contributed by atoms with Crippen molar-refractivity contribution in [2.45, 2.75) is 42.4 Å². The summed E-state index contributed by atoms with van der Waals surface area (Å²) in [6, 6.07) is 2.42. The Morgan fingerprint density at radius 3 is 2.43 bits per heavy atom. The second-order valence-electron chi connectivity index (χ2n) is 5.38. The number of rotatable bonds is 4. The van der Waals surface area contributed by atoms with Crippen molar-refractivity contribution in [2.75, 3.05) is 6.26 Å². The quantitative estimate of drug-likeness (QED) is 0.747. The third kappa shape index (κ3) is 4.16. The molecule has 21 heavy (non-hydrogen) atoms. The highest BCUT2D eigenvalue weighted by Gasteiger charge is 2.31. The van der Waals surface area contributed by atoms with Crippen LogP contribution in [0, 0.1) is 11.6 Å². The van der Waals surface area contributed by atoms with Gasteiger partial charge in [0.15, 0.2) is 17.4 Å². The molecule has 7 heteroatoms. The molecule has 0 spiro atoms. The highest BCUT2D eigenvalue weighted by Crippen LogP contribution is 2.31. The lowest BCUT2D eigenvalue weighted by atomic mass is 9.97. The smallest absolute Gasteiger partial charge is 0.191 e. The van der Waals surface area contributed by atoms with Crippen LogP contribution in [0.5, 0.6) is 5.75 Å². The van der Waals surface area contributed by atoms with E-state index >= 15 is 0 Å². The van der Waals surface area contributed by atoms with E-state index in [-0.39, 0.29) is 6.42 Å². The molecule has 0 aromatic heterocycles. The first kappa shape index (κ1) is 16.7. The summed E-state index contributed by atoms with van der Waals surface area (Å²) in [7, 11) is -3.16. The van der Waals surface area contributed by atoms with Crippen LogP contribution in [0.2, 0.25) is 0 Å². The lowest BCUT2D eigenvalue weighted by molar-refractivity contribution is 0.143. The molecule has 1 aliphatic carbocycles. The third-order valence-electron chi connectivity index (χ3n) is 3.68. The molecule has 2 atom stereocenters. The average Bonchev–Trinajstić information content (AvgIpc) is 2.42. The Morgan fingerprint density at radius 2 is 1.90 bits per heavy atom. The molecule has 0 N–H and O–H groups in total. The standard InChI is InChI=1S/C14H17BrF2O3S/c1-21(18,19)11-4-2-3-10(7-11)20-14-12(16)5-9(8-15)6-13(14)17/h5-6,10-11H,2-4,7-8H2,1H3. The minimum absolute atomic E-state index is 0.276. The van der Waals surface area contributed by atoms with Gasteiger partial charge in [-0.05, 0) is 37.0 Å². The number of ether oxygens (including phenoxy) is 1. The molecular weight excluding hydrogens is 366 g/mol. The van der Waals surface area contributed by atoms with Crippen molar-refractivity contribution < 1.29 is 21.9 Å². The van der Waals surface area contributed by atoms with Crippen molar-refractivity contribution in [1.29, 1.82) is 0 Å². The molecule has 0 bridgehead atoms. The van der Waals surface area contributed by atoms with Gasteiger partial charge in [0, 0.05) is 18.0 Å². The molecule has 1 aliphatic rings. The third-order valence-corrected chi connectivity index (χ3v) is 5.97. The number of hydrogen-bond acceptors (Lipinski definition) is 3. The van der Waals surface area contributed by atoms with Gasteiger partial charge in [0.2, 0.25) is 0 Å². The van der Waals surface area contributed by atoms with Gasteiger partial charge in [0.1, 0.15) is 15.9 Å². The maximum Gasteiger partial charge on any atom is 0.191 e. The van der Waals surface area contributed by atoms with E-state index in [1.807, 2.05) is 0 Å². The van der Waals surface area contributed by atoms with Crippen LogP contribution in [-0.2, 0) is 15.2 Å². The van der Waals surface area contributed by atoms with Crippen LogP contribution in [0.25, 0.3) is 0 Å². The Labute approximate surface area is 131 Å². The summed E-state index contributed by atoms with van der Waals surface area (Å²) in [5.74, 6) is -1.93.